The van der Waals surface area contributed by atoms with Gasteiger partial charge >= 0.3 is 5.69 Å². The van der Waals surface area contributed by atoms with Crippen molar-refractivity contribution in [1.82, 2.24) is 9.55 Å². The summed E-state index contributed by atoms with van der Waals surface area (Å²) in [7, 11) is 0. The average Bonchev–Trinajstić information content (AvgIpc) is 2.21. The van der Waals surface area contributed by atoms with Crippen LogP contribution in [-0.2, 0) is 11.5 Å². The van der Waals surface area contributed by atoms with E-state index in [4.69, 9.17) is 15.6 Å². The molecule has 0 spiro atoms. The Bertz CT molecular complexity index is 391. The molecule has 0 saturated carbocycles. The summed E-state index contributed by atoms with van der Waals surface area (Å²) in [6.45, 7) is 1.07. The predicted octanol–water partition coefficient (Wildman–Crippen LogP) is -1.46. The van der Waals surface area contributed by atoms with Crippen molar-refractivity contribution in [1.29, 1.82) is 0 Å². The van der Waals surface area contributed by atoms with E-state index in [-0.39, 0.29) is 19.2 Å². The predicted molar refractivity (Wildman–Crippen MR) is 56.5 cm³/mol. The van der Waals surface area contributed by atoms with Gasteiger partial charge in [0.05, 0.1) is 12.7 Å². The van der Waals surface area contributed by atoms with E-state index in [1.54, 1.807) is 0 Å². The highest BCUT2D eigenvalue weighted by molar-refractivity contribution is 5.23. The van der Waals surface area contributed by atoms with Crippen LogP contribution in [0.25, 0.3) is 0 Å². The number of rotatable bonds is 5. The fourth-order valence-electron chi connectivity index (χ4n) is 1.06. The van der Waals surface area contributed by atoms with Crippen LogP contribution in [0.3, 0.4) is 0 Å². The highest BCUT2D eigenvalue weighted by atomic mass is 16.5. The molecule has 16 heavy (non-hydrogen) atoms. The Morgan fingerprint density at radius 1 is 1.69 bits per heavy atom. The van der Waals surface area contributed by atoms with Gasteiger partial charge in [-0.25, -0.2) is 4.79 Å². The maximum atomic E-state index is 11.3. The Kier molecular flexibility index (Phi) is 4.41. The zero-order chi connectivity index (χ0) is 12.1. The molecule has 1 aromatic heterocycles. The number of aliphatic hydroxyl groups excluding tert-OH is 2. The van der Waals surface area contributed by atoms with Gasteiger partial charge < -0.3 is 20.7 Å². The van der Waals surface area contributed by atoms with E-state index in [2.05, 4.69) is 4.98 Å². The number of ether oxygens (including phenoxy) is 1. The Morgan fingerprint density at radius 2 is 2.38 bits per heavy atom. The first kappa shape index (κ1) is 12.6. The van der Waals surface area contributed by atoms with Crippen molar-refractivity contribution in [3.8, 4) is 0 Å². The van der Waals surface area contributed by atoms with Crippen LogP contribution in [0.5, 0.6) is 0 Å². The van der Waals surface area contributed by atoms with E-state index in [9.17, 15) is 9.90 Å². The maximum Gasteiger partial charge on any atom is 0.351 e. The number of nitrogens with two attached hydrogens (primary N) is 1. The van der Waals surface area contributed by atoms with Gasteiger partial charge in [0, 0.05) is 6.20 Å². The minimum absolute atomic E-state index is 0.0950. The van der Waals surface area contributed by atoms with Crippen LogP contribution in [0.2, 0.25) is 0 Å². The van der Waals surface area contributed by atoms with Gasteiger partial charge in [-0.2, -0.15) is 4.98 Å². The second-order valence-electron chi connectivity index (χ2n) is 3.36. The lowest BCUT2D eigenvalue weighted by molar-refractivity contribution is -0.0823. The summed E-state index contributed by atoms with van der Waals surface area (Å²) in [4.78, 5) is 14.8. The molecule has 0 bridgehead atoms. The smallest absolute Gasteiger partial charge is 0.351 e. The van der Waals surface area contributed by atoms with E-state index in [0.717, 1.165) is 0 Å². The Labute approximate surface area is 92.1 Å². The fraction of sp³-hybridized carbons (Fsp3) is 0.556. The molecule has 0 fully saturated rings. The van der Waals surface area contributed by atoms with Gasteiger partial charge in [-0.15, -0.1) is 0 Å². The van der Waals surface area contributed by atoms with Gasteiger partial charge in [-0.1, -0.05) is 0 Å². The summed E-state index contributed by atoms with van der Waals surface area (Å²) < 4.78 is 6.32. The number of nitrogen functional groups attached to an aromatic ring is 1. The molecular formula is C9H15N3O4. The standard InChI is InChI=1S/C9H15N3O4/c1-6(14)7(4-13)16-5-12-3-2-8(10)11-9(12)15/h2-3,6-7,13-14H,4-5H2,1H3,(H2,10,11,15)/t6?,7-/m1/s1. The molecule has 0 aliphatic carbocycles. The molecular weight excluding hydrogens is 214 g/mol. The van der Waals surface area contributed by atoms with Crippen LogP contribution in [0.4, 0.5) is 5.82 Å². The molecule has 1 rings (SSSR count). The molecule has 0 aliphatic rings. The molecule has 7 heteroatoms. The lowest BCUT2D eigenvalue weighted by Crippen LogP contribution is -2.33. The zero-order valence-electron chi connectivity index (χ0n) is 8.91. The summed E-state index contributed by atoms with van der Waals surface area (Å²) in [5.41, 5.74) is 4.77. The number of aromatic nitrogens is 2. The van der Waals surface area contributed by atoms with Crippen molar-refractivity contribution < 1.29 is 14.9 Å². The Morgan fingerprint density at radius 3 is 2.88 bits per heavy atom. The Hall–Kier alpha value is -1.44. The van der Waals surface area contributed by atoms with E-state index in [0.29, 0.717) is 0 Å². The number of aliphatic hydroxyl groups is 2. The summed E-state index contributed by atoms with van der Waals surface area (Å²) in [6.07, 6.45) is -0.117. The van der Waals surface area contributed by atoms with Crippen molar-refractivity contribution in [3.05, 3.63) is 22.7 Å². The molecule has 0 aliphatic heterocycles. The van der Waals surface area contributed by atoms with Crippen molar-refractivity contribution in [2.75, 3.05) is 12.3 Å². The van der Waals surface area contributed by atoms with Gasteiger partial charge in [-0.05, 0) is 13.0 Å². The van der Waals surface area contributed by atoms with Crippen LogP contribution >= 0.6 is 0 Å². The van der Waals surface area contributed by atoms with E-state index >= 15 is 0 Å². The summed E-state index contributed by atoms with van der Waals surface area (Å²) >= 11 is 0. The van der Waals surface area contributed by atoms with Gasteiger partial charge in [0.15, 0.2) is 0 Å². The summed E-state index contributed by atoms with van der Waals surface area (Å²) in [6, 6.07) is 1.46. The molecule has 0 aromatic carbocycles. The molecule has 90 valence electrons. The molecule has 1 aromatic rings. The molecule has 1 unspecified atom stereocenters. The van der Waals surface area contributed by atoms with Crippen LogP contribution in [0.1, 0.15) is 6.92 Å². The molecule has 0 saturated heterocycles. The molecule has 0 amide bonds. The first-order chi connectivity index (χ1) is 7.54. The second kappa shape index (κ2) is 5.59. The van der Waals surface area contributed by atoms with E-state index in [1.807, 2.05) is 0 Å². The van der Waals surface area contributed by atoms with Crippen LogP contribution in [0.15, 0.2) is 17.1 Å². The summed E-state index contributed by atoms with van der Waals surface area (Å²) in [5.74, 6) is 0.135. The van der Waals surface area contributed by atoms with Gasteiger partial charge in [0.25, 0.3) is 0 Å². The SMILES string of the molecule is CC(O)[C@@H](CO)OCn1ccc(N)nc1=O. The lowest BCUT2D eigenvalue weighted by atomic mass is 10.2. The third kappa shape index (κ3) is 3.30. The number of anilines is 1. The third-order valence-electron chi connectivity index (χ3n) is 2.04. The molecule has 2 atom stereocenters. The minimum Gasteiger partial charge on any atom is -0.394 e. The first-order valence-electron chi connectivity index (χ1n) is 4.78. The average molecular weight is 229 g/mol. The van der Waals surface area contributed by atoms with Gasteiger partial charge in [0.2, 0.25) is 0 Å². The van der Waals surface area contributed by atoms with Crippen LogP contribution in [0, 0.1) is 0 Å². The van der Waals surface area contributed by atoms with E-state index < -0.39 is 17.9 Å². The van der Waals surface area contributed by atoms with E-state index in [1.165, 1.54) is 23.8 Å². The molecule has 7 nitrogen and oxygen atoms in total. The number of nitrogens with zero attached hydrogens (tertiary/aromatic N) is 2. The molecule has 0 radical (unpaired) electrons. The second-order valence-corrected chi connectivity index (χ2v) is 3.36. The number of hydrogen-bond acceptors (Lipinski definition) is 6. The highest BCUT2D eigenvalue weighted by Gasteiger charge is 2.14. The largest absolute Gasteiger partial charge is 0.394 e. The maximum absolute atomic E-state index is 11.3. The van der Waals surface area contributed by atoms with Crippen molar-refractivity contribution in [3.63, 3.8) is 0 Å². The minimum atomic E-state index is -0.817. The quantitative estimate of drug-likeness (QED) is 0.569. The normalized spacial score (nSPS) is 14.7. The molecule has 4 N–H and O–H groups in total. The zero-order valence-corrected chi connectivity index (χ0v) is 8.91. The first-order valence-corrected chi connectivity index (χ1v) is 4.78. The third-order valence-corrected chi connectivity index (χ3v) is 2.04. The summed E-state index contributed by atoms with van der Waals surface area (Å²) in [5, 5.41) is 18.1. The van der Waals surface area contributed by atoms with Gasteiger partial charge in [0.1, 0.15) is 18.7 Å². The Balaban J connectivity index is 2.64. The van der Waals surface area contributed by atoms with Crippen molar-refractivity contribution in [2.24, 2.45) is 0 Å². The topological polar surface area (TPSA) is 111 Å². The number of hydrogen-bond donors (Lipinski definition) is 3. The fourth-order valence-corrected chi connectivity index (χ4v) is 1.06. The monoisotopic (exact) mass is 229 g/mol. The lowest BCUT2D eigenvalue weighted by Gasteiger charge is -2.18. The highest BCUT2D eigenvalue weighted by Crippen LogP contribution is 1.99. The van der Waals surface area contributed by atoms with Gasteiger partial charge in [-0.3, -0.25) is 4.57 Å². The molecule has 1 heterocycles. The van der Waals surface area contributed by atoms with Crippen LogP contribution < -0.4 is 11.4 Å². The van der Waals surface area contributed by atoms with Crippen LogP contribution in [-0.4, -0.2) is 38.6 Å². The van der Waals surface area contributed by atoms with Crippen molar-refractivity contribution in [2.45, 2.75) is 25.9 Å². The van der Waals surface area contributed by atoms with Crippen molar-refractivity contribution >= 4 is 5.82 Å².